The number of nitrogens with zero attached hydrogens (tertiary/aromatic N) is 4. The number of rotatable bonds is 4. The Morgan fingerprint density at radius 3 is 3.18 bits per heavy atom. The second kappa shape index (κ2) is 5.22. The van der Waals surface area contributed by atoms with Crippen LogP contribution >= 0.6 is 0 Å². The van der Waals surface area contributed by atoms with E-state index < -0.39 is 5.97 Å². The van der Waals surface area contributed by atoms with Crippen LogP contribution in [0.5, 0.6) is 0 Å². The molecule has 17 heavy (non-hydrogen) atoms. The summed E-state index contributed by atoms with van der Waals surface area (Å²) in [4.78, 5) is 10.7. The summed E-state index contributed by atoms with van der Waals surface area (Å²) >= 11 is 0. The number of carbonyl (C=O) groups is 1. The van der Waals surface area contributed by atoms with Crippen LogP contribution in [-0.4, -0.2) is 44.5 Å². The third-order valence-corrected chi connectivity index (χ3v) is 2.93. The quantitative estimate of drug-likeness (QED) is 0.828. The number of aromatic nitrogens is 4. The molecule has 1 saturated heterocycles. The standard InChI is InChI=1S/C10H16N4O3/c1-7(5-9(15)16)14-10(11-12-13-14)8-3-2-4-17-6-8/h7-8H,2-6H2,1H3,(H,15,16). The highest BCUT2D eigenvalue weighted by molar-refractivity contribution is 5.67. The fraction of sp³-hybridized carbons (Fsp3) is 0.800. The number of carboxylic acid groups (broad SMARTS) is 1. The van der Waals surface area contributed by atoms with Gasteiger partial charge in [0.2, 0.25) is 0 Å². The summed E-state index contributed by atoms with van der Waals surface area (Å²) in [6.07, 6.45) is 2.00. The van der Waals surface area contributed by atoms with Crippen LogP contribution in [0.1, 0.15) is 44.0 Å². The molecule has 1 aromatic heterocycles. The molecule has 1 N–H and O–H groups in total. The largest absolute Gasteiger partial charge is 0.481 e. The van der Waals surface area contributed by atoms with Crippen molar-refractivity contribution in [2.24, 2.45) is 0 Å². The Morgan fingerprint density at radius 1 is 1.71 bits per heavy atom. The molecule has 0 spiro atoms. The summed E-state index contributed by atoms with van der Waals surface area (Å²) in [5.41, 5.74) is 0. The van der Waals surface area contributed by atoms with Gasteiger partial charge in [0, 0.05) is 12.5 Å². The molecule has 0 saturated carbocycles. The van der Waals surface area contributed by atoms with Gasteiger partial charge in [-0.2, -0.15) is 0 Å². The average Bonchev–Trinajstić information content (AvgIpc) is 2.78. The zero-order valence-corrected chi connectivity index (χ0v) is 9.74. The predicted octanol–water partition coefficient (Wildman–Crippen LogP) is 0.603. The third kappa shape index (κ3) is 2.79. The first-order chi connectivity index (χ1) is 8.18. The molecular formula is C10H16N4O3. The molecular weight excluding hydrogens is 224 g/mol. The van der Waals surface area contributed by atoms with Gasteiger partial charge in [-0.15, -0.1) is 5.10 Å². The molecule has 1 aromatic rings. The molecule has 1 aliphatic rings. The summed E-state index contributed by atoms with van der Waals surface area (Å²) in [7, 11) is 0. The SMILES string of the molecule is CC(CC(=O)O)n1nnnc1C1CCCOC1. The first-order valence-electron chi connectivity index (χ1n) is 5.75. The molecule has 94 valence electrons. The number of aliphatic carboxylic acids is 1. The van der Waals surface area contributed by atoms with Crippen LogP contribution in [-0.2, 0) is 9.53 Å². The van der Waals surface area contributed by atoms with Gasteiger partial charge in [0.25, 0.3) is 0 Å². The van der Waals surface area contributed by atoms with Gasteiger partial charge in [-0.25, -0.2) is 4.68 Å². The summed E-state index contributed by atoms with van der Waals surface area (Å²) in [6.45, 7) is 3.20. The lowest BCUT2D eigenvalue weighted by atomic mass is 10.0. The van der Waals surface area contributed by atoms with Crippen molar-refractivity contribution in [1.29, 1.82) is 0 Å². The Kier molecular flexibility index (Phi) is 3.68. The number of hydrogen-bond donors (Lipinski definition) is 1. The summed E-state index contributed by atoms with van der Waals surface area (Å²) in [6, 6.07) is -0.237. The Labute approximate surface area is 98.8 Å². The molecule has 1 aliphatic heterocycles. The van der Waals surface area contributed by atoms with Crippen molar-refractivity contribution in [3.8, 4) is 0 Å². The van der Waals surface area contributed by atoms with E-state index in [0.717, 1.165) is 25.3 Å². The molecule has 0 aromatic carbocycles. The molecule has 1 fully saturated rings. The van der Waals surface area contributed by atoms with Crippen molar-refractivity contribution in [3.05, 3.63) is 5.82 Å². The number of ether oxygens (including phenoxy) is 1. The molecule has 0 aliphatic carbocycles. The van der Waals surface area contributed by atoms with E-state index in [1.807, 2.05) is 0 Å². The lowest BCUT2D eigenvalue weighted by Crippen LogP contribution is -2.22. The van der Waals surface area contributed by atoms with Gasteiger partial charge in [0.05, 0.1) is 19.1 Å². The van der Waals surface area contributed by atoms with Crippen LogP contribution in [0.25, 0.3) is 0 Å². The lowest BCUT2D eigenvalue weighted by molar-refractivity contribution is -0.137. The van der Waals surface area contributed by atoms with Crippen molar-refractivity contribution in [2.45, 2.75) is 38.1 Å². The topological polar surface area (TPSA) is 90.1 Å². The minimum Gasteiger partial charge on any atom is -0.481 e. The number of tetrazole rings is 1. The van der Waals surface area contributed by atoms with Crippen LogP contribution in [0, 0.1) is 0 Å². The smallest absolute Gasteiger partial charge is 0.305 e. The van der Waals surface area contributed by atoms with Gasteiger partial charge in [-0.05, 0) is 30.2 Å². The zero-order valence-electron chi connectivity index (χ0n) is 9.74. The second-order valence-corrected chi connectivity index (χ2v) is 4.34. The fourth-order valence-electron chi connectivity index (χ4n) is 2.07. The van der Waals surface area contributed by atoms with E-state index in [1.165, 1.54) is 0 Å². The first-order valence-corrected chi connectivity index (χ1v) is 5.75. The Morgan fingerprint density at radius 2 is 2.53 bits per heavy atom. The van der Waals surface area contributed by atoms with Crippen molar-refractivity contribution in [3.63, 3.8) is 0 Å². The van der Waals surface area contributed by atoms with E-state index in [0.29, 0.717) is 6.61 Å². The number of carboxylic acids is 1. The maximum atomic E-state index is 10.7. The molecule has 0 amide bonds. The van der Waals surface area contributed by atoms with Crippen LogP contribution in [0.4, 0.5) is 0 Å². The van der Waals surface area contributed by atoms with Gasteiger partial charge in [0.1, 0.15) is 0 Å². The van der Waals surface area contributed by atoms with E-state index in [-0.39, 0.29) is 18.4 Å². The molecule has 2 heterocycles. The minimum absolute atomic E-state index is 0.0195. The molecule has 7 heteroatoms. The van der Waals surface area contributed by atoms with Crippen molar-refractivity contribution in [2.75, 3.05) is 13.2 Å². The zero-order chi connectivity index (χ0) is 12.3. The fourth-order valence-corrected chi connectivity index (χ4v) is 2.07. The summed E-state index contributed by atoms with van der Waals surface area (Å²) in [5, 5.41) is 20.3. The highest BCUT2D eigenvalue weighted by atomic mass is 16.5. The second-order valence-electron chi connectivity index (χ2n) is 4.34. The van der Waals surface area contributed by atoms with Gasteiger partial charge in [0.15, 0.2) is 5.82 Å². The molecule has 7 nitrogen and oxygen atoms in total. The highest BCUT2D eigenvalue weighted by Gasteiger charge is 2.25. The minimum atomic E-state index is -0.848. The van der Waals surface area contributed by atoms with E-state index >= 15 is 0 Å². The number of hydrogen-bond acceptors (Lipinski definition) is 5. The van der Waals surface area contributed by atoms with Crippen molar-refractivity contribution < 1.29 is 14.6 Å². The van der Waals surface area contributed by atoms with Crippen LogP contribution in [0.2, 0.25) is 0 Å². The van der Waals surface area contributed by atoms with E-state index in [9.17, 15) is 4.79 Å². The first kappa shape index (κ1) is 12.0. The maximum absolute atomic E-state index is 10.7. The molecule has 2 atom stereocenters. The van der Waals surface area contributed by atoms with E-state index in [2.05, 4.69) is 15.5 Å². The van der Waals surface area contributed by atoms with Gasteiger partial charge < -0.3 is 9.84 Å². The van der Waals surface area contributed by atoms with Gasteiger partial charge >= 0.3 is 5.97 Å². The normalized spacial score (nSPS) is 22.3. The van der Waals surface area contributed by atoms with E-state index in [4.69, 9.17) is 9.84 Å². The third-order valence-electron chi connectivity index (χ3n) is 2.93. The Bertz CT molecular complexity index is 387. The monoisotopic (exact) mass is 240 g/mol. The molecule has 2 rings (SSSR count). The van der Waals surface area contributed by atoms with Crippen LogP contribution in [0.15, 0.2) is 0 Å². The summed E-state index contributed by atoms with van der Waals surface area (Å²) in [5.74, 6) is 0.0623. The summed E-state index contributed by atoms with van der Waals surface area (Å²) < 4.78 is 7.00. The predicted molar refractivity (Wildman–Crippen MR) is 57.6 cm³/mol. The Balaban J connectivity index is 2.12. The highest BCUT2D eigenvalue weighted by Crippen LogP contribution is 2.25. The maximum Gasteiger partial charge on any atom is 0.305 e. The van der Waals surface area contributed by atoms with Crippen LogP contribution in [0.3, 0.4) is 0 Å². The average molecular weight is 240 g/mol. The molecule has 0 bridgehead atoms. The van der Waals surface area contributed by atoms with Crippen molar-refractivity contribution in [1.82, 2.24) is 20.2 Å². The van der Waals surface area contributed by atoms with Gasteiger partial charge in [-0.3, -0.25) is 4.79 Å². The Hall–Kier alpha value is -1.50. The van der Waals surface area contributed by atoms with Crippen molar-refractivity contribution >= 4 is 5.97 Å². The molecule has 2 unspecified atom stereocenters. The molecule has 0 radical (unpaired) electrons. The lowest BCUT2D eigenvalue weighted by Gasteiger charge is -2.22. The van der Waals surface area contributed by atoms with E-state index in [1.54, 1.807) is 11.6 Å². The van der Waals surface area contributed by atoms with Crippen LogP contribution < -0.4 is 0 Å². The van der Waals surface area contributed by atoms with Gasteiger partial charge in [-0.1, -0.05) is 0 Å².